The second-order valence-electron chi connectivity index (χ2n) is 4.18. The maximum Gasteiger partial charge on any atom is 0.416 e. The fourth-order valence-electron chi connectivity index (χ4n) is 1.70. The Morgan fingerprint density at radius 3 is 2.40 bits per heavy atom. The lowest BCUT2D eigenvalue weighted by atomic mass is 10.2. The predicted molar refractivity (Wildman–Crippen MR) is 68.1 cm³/mol. The lowest BCUT2D eigenvalue weighted by molar-refractivity contribution is -0.137. The van der Waals surface area contributed by atoms with Crippen molar-refractivity contribution in [3.8, 4) is 5.75 Å². The average molecular weight is 285 g/mol. The third-order valence-electron chi connectivity index (χ3n) is 2.84. The number of rotatable bonds is 4. The minimum absolute atomic E-state index is 0.164. The van der Waals surface area contributed by atoms with Crippen LogP contribution in [-0.2, 0) is 19.3 Å². The zero-order chi connectivity index (χ0) is 14.8. The molecule has 0 fully saturated rings. The first-order valence-electron chi connectivity index (χ1n) is 6.02. The minimum Gasteiger partial charge on any atom is -0.489 e. The molecule has 0 radical (unpaired) electrons. The summed E-state index contributed by atoms with van der Waals surface area (Å²) in [7, 11) is 0. The number of ether oxygens (including phenoxy) is 1. The van der Waals surface area contributed by atoms with Gasteiger partial charge in [0.25, 0.3) is 0 Å². The van der Waals surface area contributed by atoms with Gasteiger partial charge in [-0.3, -0.25) is 4.68 Å². The molecule has 0 atom stereocenters. The Balaban J connectivity index is 2.02. The van der Waals surface area contributed by atoms with Gasteiger partial charge >= 0.3 is 6.18 Å². The van der Waals surface area contributed by atoms with E-state index in [0.717, 1.165) is 12.1 Å². The molecule has 0 aliphatic rings. The third kappa shape index (κ3) is 3.04. The van der Waals surface area contributed by atoms with Gasteiger partial charge in [0.15, 0.2) is 0 Å². The molecule has 0 unspecified atom stereocenters. The summed E-state index contributed by atoms with van der Waals surface area (Å²) in [5.41, 5.74) is 5.83. The van der Waals surface area contributed by atoms with Crippen LogP contribution in [0.3, 0.4) is 0 Å². The molecule has 0 saturated heterocycles. The molecule has 1 aromatic heterocycles. The maximum atomic E-state index is 12.4. The highest BCUT2D eigenvalue weighted by atomic mass is 19.4. The van der Waals surface area contributed by atoms with Crippen LogP contribution in [-0.4, -0.2) is 9.78 Å². The highest BCUT2D eigenvalue weighted by Gasteiger charge is 2.30. The summed E-state index contributed by atoms with van der Waals surface area (Å²) in [5, 5.41) is 4.06. The average Bonchev–Trinajstić information content (AvgIpc) is 2.76. The first kappa shape index (κ1) is 14.2. The molecular formula is C13H14F3N3O. The highest BCUT2D eigenvalue weighted by Crippen LogP contribution is 2.30. The van der Waals surface area contributed by atoms with Gasteiger partial charge in [-0.2, -0.15) is 18.3 Å². The number of hydrogen-bond donors (Lipinski definition) is 1. The van der Waals surface area contributed by atoms with E-state index in [1.54, 1.807) is 10.9 Å². The molecule has 2 rings (SSSR count). The van der Waals surface area contributed by atoms with E-state index in [1.165, 1.54) is 12.1 Å². The summed E-state index contributed by atoms with van der Waals surface area (Å²) in [6.07, 6.45) is -2.76. The number of benzene rings is 1. The molecule has 0 aliphatic carbocycles. The largest absolute Gasteiger partial charge is 0.489 e. The Morgan fingerprint density at radius 2 is 1.90 bits per heavy atom. The summed E-state index contributed by atoms with van der Waals surface area (Å²) in [5.74, 6) is 0.848. The molecule has 1 heterocycles. The molecule has 2 N–H and O–H groups in total. The number of nitrogens with two attached hydrogens (primary N) is 1. The van der Waals surface area contributed by atoms with Gasteiger partial charge in [0.2, 0.25) is 0 Å². The van der Waals surface area contributed by atoms with E-state index in [9.17, 15) is 13.2 Å². The number of nitrogen functional groups attached to an aromatic ring is 1. The van der Waals surface area contributed by atoms with Gasteiger partial charge in [-0.1, -0.05) is 0 Å². The summed E-state index contributed by atoms with van der Waals surface area (Å²) < 4.78 is 44.2. The fraction of sp³-hybridized carbons (Fsp3) is 0.308. The van der Waals surface area contributed by atoms with Gasteiger partial charge in [0.05, 0.1) is 17.3 Å². The Hall–Kier alpha value is -2.18. The lowest BCUT2D eigenvalue weighted by Gasteiger charge is -2.09. The smallest absolute Gasteiger partial charge is 0.416 e. The number of aryl methyl sites for hydroxylation is 1. The first-order chi connectivity index (χ1) is 9.41. The van der Waals surface area contributed by atoms with Crippen molar-refractivity contribution < 1.29 is 17.9 Å². The van der Waals surface area contributed by atoms with Crippen molar-refractivity contribution in [2.45, 2.75) is 26.3 Å². The molecule has 4 nitrogen and oxygen atoms in total. The third-order valence-corrected chi connectivity index (χ3v) is 2.84. The van der Waals surface area contributed by atoms with E-state index >= 15 is 0 Å². The molecule has 2 aromatic rings. The van der Waals surface area contributed by atoms with E-state index in [1.807, 2.05) is 6.92 Å². The molecule has 0 aliphatic heterocycles. The van der Waals surface area contributed by atoms with Crippen LogP contribution in [0.4, 0.5) is 19.0 Å². The van der Waals surface area contributed by atoms with Gasteiger partial charge in [0.1, 0.15) is 18.2 Å². The van der Waals surface area contributed by atoms with Crippen molar-refractivity contribution in [3.05, 3.63) is 41.6 Å². The number of anilines is 1. The first-order valence-corrected chi connectivity index (χ1v) is 6.02. The van der Waals surface area contributed by atoms with Crippen LogP contribution in [0.5, 0.6) is 5.75 Å². The second-order valence-corrected chi connectivity index (χ2v) is 4.18. The Labute approximate surface area is 114 Å². The van der Waals surface area contributed by atoms with Crippen molar-refractivity contribution in [2.24, 2.45) is 0 Å². The molecule has 7 heteroatoms. The summed E-state index contributed by atoms with van der Waals surface area (Å²) in [6.45, 7) is 2.72. The molecule has 1 aromatic carbocycles. The lowest BCUT2D eigenvalue weighted by Crippen LogP contribution is -2.05. The number of hydrogen-bond acceptors (Lipinski definition) is 3. The summed E-state index contributed by atoms with van der Waals surface area (Å²) in [6, 6.07) is 4.52. The Bertz CT molecular complexity index is 576. The van der Waals surface area contributed by atoms with Gasteiger partial charge in [0, 0.05) is 6.54 Å². The maximum absolute atomic E-state index is 12.4. The van der Waals surface area contributed by atoms with Crippen LogP contribution in [0.2, 0.25) is 0 Å². The van der Waals surface area contributed by atoms with Gasteiger partial charge in [-0.05, 0) is 31.2 Å². The van der Waals surface area contributed by atoms with E-state index < -0.39 is 11.7 Å². The van der Waals surface area contributed by atoms with Gasteiger partial charge in [-0.15, -0.1) is 0 Å². The van der Waals surface area contributed by atoms with Gasteiger partial charge in [-0.25, -0.2) is 0 Å². The molecule has 0 spiro atoms. The second kappa shape index (κ2) is 5.44. The van der Waals surface area contributed by atoms with Crippen LogP contribution < -0.4 is 10.5 Å². The van der Waals surface area contributed by atoms with Gasteiger partial charge < -0.3 is 10.5 Å². The normalized spacial score (nSPS) is 11.6. The van der Waals surface area contributed by atoms with Crippen LogP contribution in [0.1, 0.15) is 18.1 Å². The number of alkyl halides is 3. The Kier molecular flexibility index (Phi) is 3.87. The number of halogens is 3. The predicted octanol–water partition coefficient (Wildman–Crippen LogP) is 3.08. The molecule has 0 saturated carbocycles. The zero-order valence-electron chi connectivity index (χ0n) is 10.8. The molecule has 20 heavy (non-hydrogen) atoms. The summed E-state index contributed by atoms with van der Waals surface area (Å²) >= 11 is 0. The fourth-order valence-corrected chi connectivity index (χ4v) is 1.70. The van der Waals surface area contributed by atoms with Crippen molar-refractivity contribution >= 4 is 5.82 Å². The van der Waals surface area contributed by atoms with E-state index in [2.05, 4.69) is 5.10 Å². The van der Waals surface area contributed by atoms with E-state index in [4.69, 9.17) is 10.5 Å². The number of nitrogens with zero attached hydrogens (tertiary/aromatic N) is 2. The van der Waals surface area contributed by atoms with E-state index in [0.29, 0.717) is 23.7 Å². The van der Waals surface area contributed by atoms with Crippen LogP contribution in [0.25, 0.3) is 0 Å². The Morgan fingerprint density at radius 1 is 1.25 bits per heavy atom. The topological polar surface area (TPSA) is 53.1 Å². The van der Waals surface area contributed by atoms with E-state index in [-0.39, 0.29) is 6.61 Å². The highest BCUT2D eigenvalue weighted by molar-refractivity contribution is 5.38. The summed E-state index contributed by atoms with van der Waals surface area (Å²) in [4.78, 5) is 0. The standard InChI is InChI=1S/C13H14F3N3O/c1-2-19-12(17)9(7-18-19)8-20-11-5-3-10(4-6-11)13(14,15)16/h3-7H,2,8,17H2,1H3. The monoisotopic (exact) mass is 285 g/mol. The van der Waals surface area contributed by atoms with Crippen LogP contribution >= 0.6 is 0 Å². The SMILES string of the molecule is CCn1ncc(COc2ccc(C(F)(F)F)cc2)c1N. The number of aromatic nitrogens is 2. The minimum atomic E-state index is -4.34. The molecule has 0 bridgehead atoms. The van der Waals surface area contributed by atoms with Crippen molar-refractivity contribution in [2.75, 3.05) is 5.73 Å². The molecular weight excluding hydrogens is 271 g/mol. The molecule has 108 valence electrons. The quantitative estimate of drug-likeness (QED) is 0.939. The zero-order valence-corrected chi connectivity index (χ0v) is 10.8. The van der Waals surface area contributed by atoms with Crippen LogP contribution in [0.15, 0.2) is 30.5 Å². The molecule has 0 amide bonds. The van der Waals surface area contributed by atoms with Crippen molar-refractivity contribution in [3.63, 3.8) is 0 Å². The van der Waals surface area contributed by atoms with Crippen molar-refractivity contribution in [1.82, 2.24) is 9.78 Å². The van der Waals surface area contributed by atoms with Crippen molar-refractivity contribution in [1.29, 1.82) is 0 Å². The van der Waals surface area contributed by atoms with Crippen LogP contribution in [0, 0.1) is 0 Å².